The molecule has 0 radical (unpaired) electrons. The number of aryl methyl sites for hydroxylation is 1. The van der Waals surface area contributed by atoms with Gasteiger partial charge in [0.2, 0.25) is 0 Å². The molecule has 0 aliphatic carbocycles. The normalized spacial score (nSPS) is 11.4. The Labute approximate surface area is 216 Å². The average Bonchev–Trinajstić information content (AvgIpc) is 3.26. The van der Waals surface area contributed by atoms with E-state index in [9.17, 15) is 0 Å². The van der Waals surface area contributed by atoms with Gasteiger partial charge in [-0.05, 0) is 83.4 Å². The summed E-state index contributed by atoms with van der Waals surface area (Å²) in [5.41, 5.74) is 9.52. The average molecular weight is 475 g/mol. The largest absolute Gasteiger partial charge is 0.356 e. The third kappa shape index (κ3) is 3.75. The van der Waals surface area contributed by atoms with E-state index < -0.39 is 0 Å². The predicted octanol–water partition coefficient (Wildman–Crippen LogP) is 9.66. The maximum absolute atomic E-state index is 3.63. The van der Waals surface area contributed by atoms with Crippen LogP contribution in [0.25, 0.3) is 49.4 Å². The summed E-state index contributed by atoms with van der Waals surface area (Å²) in [7, 11) is 0. The van der Waals surface area contributed by atoms with Crippen LogP contribution < -0.4 is 5.32 Å². The smallest absolute Gasteiger partial charge is 0.0542 e. The highest BCUT2D eigenvalue weighted by Crippen LogP contribution is 2.35. The van der Waals surface area contributed by atoms with Crippen LogP contribution in [-0.2, 0) is 0 Å². The van der Waals surface area contributed by atoms with Crippen molar-refractivity contribution in [1.29, 1.82) is 0 Å². The molecule has 0 saturated carbocycles. The van der Waals surface area contributed by atoms with Gasteiger partial charge in [-0.25, -0.2) is 0 Å². The van der Waals surface area contributed by atoms with E-state index in [0.717, 1.165) is 11.4 Å². The van der Waals surface area contributed by atoms with Crippen molar-refractivity contribution in [2.75, 3.05) is 5.32 Å². The molecule has 2 heteroatoms. The monoisotopic (exact) mass is 474 g/mol. The summed E-state index contributed by atoms with van der Waals surface area (Å²) >= 11 is 0. The van der Waals surface area contributed by atoms with E-state index in [-0.39, 0.29) is 0 Å². The Hall–Kier alpha value is -4.82. The first kappa shape index (κ1) is 21.5. The Bertz CT molecular complexity index is 1890. The highest BCUT2D eigenvalue weighted by Gasteiger charge is 2.13. The molecule has 6 aromatic carbocycles. The summed E-state index contributed by atoms with van der Waals surface area (Å²) in [6.07, 6.45) is 0. The van der Waals surface area contributed by atoms with Gasteiger partial charge in [0.05, 0.1) is 11.0 Å². The summed E-state index contributed by atoms with van der Waals surface area (Å²) in [5, 5.41) is 8.70. The number of aromatic nitrogens is 1. The Morgan fingerprint density at radius 3 is 2.03 bits per heavy atom. The van der Waals surface area contributed by atoms with Crippen molar-refractivity contribution < 1.29 is 0 Å². The molecule has 1 heterocycles. The van der Waals surface area contributed by atoms with Crippen LogP contribution in [-0.4, -0.2) is 4.57 Å². The molecule has 0 aliphatic rings. The van der Waals surface area contributed by atoms with Crippen molar-refractivity contribution in [3.63, 3.8) is 0 Å². The number of hydrogen-bond acceptors (Lipinski definition) is 1. The molecule has 0 saturated heterocycles. The van der Waals surface area contributed by atoms with E-state index in [0.29, 0.717) is 0 Å². The second kappa shape index (κ2) is 8.69. The lowest BCUT2D eigenvalue weighted by molar-refractivity contribution is 1.18. The highest BCUT2D eigenvalue weighted by atomic mass is 15.0. The lowest BCUT2D eigenvalue weighted by atomic mass is 9.98. The molecule has 1 aromatic heterocycles. The first-order valence-electron chi connectivity index (χ1n) is 12.7. The van der Waals surface area contributed by atoms with Gasteiger partial charge in [0.15, 0.2) is 0 Å². The summed E-state index contributed by atoms with van der Waals surface area (Å²) in [6.45, 7) is 2.16. The van der Waals surface area contributed by atoms with Crippen LogP contribution in [0.4, 0.5) is 11.4 Å². The van der Waals surface area contributed by atoms with Crippen molar-refractivity contribution in [3.05, 3.63) is 139 Å². The van der Waals surface area contributed by atoms with E-state index in [4.69, 9.17) is 0 Å². The van der Waals surface area contributed by atoms with Gasteiger partial charge in [0.1, 0.15) is 0 Å². The number of rotatable bonds is 4. The van der Waals surface area contributed by atoms with E-state index in [1.165, 1.54) is 55.0 Å². The van der Waals surface area contributed by atoms with Crippen LogP contribution in [0.3, 0.4) is 0 Å². The van der Waals surface area contributed by atoms with Crippen LogP contribution in [0.15, 0.2) is 133 Å². The quantitative estimate of drug-likeness (QED) is 0.269. The second-order valence-corrected chi connectivity index (χ2v) is 9.65. The minimum Gasteiger partial charge on any atom is -0.356 e. The number of fused-ring (bicyclic) bond motifs is 4. The van der Waals surface area contributed by atoms with Crippen LogP contribution in [0.5, 0.6) is 0 Å². The van der Waals surface area contributed by atoms with Crippen LogP contribution in [0, 0.1) is 6.92 Å². The maximum Gasteiger partial charge on any atom is 0.0542 e. The number of para-hydroxylation sites is 1. The molecule has 176 valence electrons. The van der Waals surface area contributed by atoms with Crippen LogP contribution >= 0.6 is 0 Å². The fourth-order valence-corrected chi connectivity index (χ4v) is 5.45. The molecule has 0 bridgehead atoms. The first-order valence-corrected chi connectivity index (χ1v) is 12.7. The van der Waals surface area contributed by atoms with Gasteiger partial charge in [0.25, 0.3) is 0 Å². The van der Waals surface area contributed by atoms with Gasteiger partial charge >= 0.3 is 0 Å². The fraction of sp³-hybridized carbons (Fsp3) is 0.0286. The van der Waals surface area contributed by atoms with E-state index in [1.54, 1.807) is 0 Å². The molecule has 0 atom stereocenters. The predicted molar refractivity (Wildman–Crippen MR) is 158 cm³/mol. The molecule has 2 nitrogen and oxygen atoms in total. The zero-order valence-corrected chi connectivity index (χ0v) is 20.6. The molecule has 0 unspecified atom stereocenters. The van der Waals surface area contributed by atoms with Crippen molar-refractivity contribution in [2.24, 2.45) is 0 Å². The number of benzene rings is 6. The summed E-state index contributed by atoms with van der Waals surface area (Å²) in [4.78, 5) is 0. The Balaban J connectivity index is 1.27. The first-order chi connectivity index (χ1) is 18.2. The Kier molecular flexibility index (Phi) is 5.04. The Morgan fingerprint density at radius 2 is 1.19 bits per heavy atom. The Morgan fingerprint density at radius 1 is 0.514 bits per heavy atom. The van der Waals surface area contributed by atoms with Gasteiger partial charge in [0, 0.05) is 27.8 Å². The zero-order chi connectivity index (χ0) is 24.8. The lowest BCUT2D eigenvalue weighted by Gasteiger charge is -2.11. The number of nitrogens with zero attached hydrogens (tertiary/aromatic N) is 1. The third-order valence-electron chi connectivity index (χ3n) is 7.21. The van der Waals surface area contributed by atoms with E-state index >= 15 is 0 Å². The molecule has 0 spiro atoms. The number of anilines is 2. The molecule has 0 fully saturated rings. The molecule has 0 aliphatic heterocycles. The van der Waals surface area contributed by atoms with Crippen molar-refractivity contribution in [1.82, 2.24) is 4.57 Å². The lowest BCUT2D eigenvalue weighted by Crippen LogP contribution is -1.94. The number of hydrogen-bond donors (Lipinski definition) is 1. The molecule has 1 N–H and O–H groups in total. The van der Waals surface area contributed by atoms with Gasteiger partial charge in [-0.15, -0.1) is 0 Å². The molecule has 0 amide bonds. The molecule has 7 rings (SSSR count). The zero-order valence-electron chi connectivity index (χ0n) is 20.6. The van der Waals surface area contributed by atoms with E-state index in [1.807, 2.05) is 0 Å². The fourth-order valence-electron chi connectivity index (χ4n) is 5.45. The standard InChI is InChI=1S/C35H26N2/c1-24-14-20-34-32(22-24)33-23-28(19-21-35(33)37(34)29-10-3-2-4-11-29)36-27-17-15-26(16-18-27)31-13-7-9-25-8-5-6-12-30(25)31/h2-23,36H,1H3. The molecule has 37 heavy (non-hydrogen) atoms. The topological polar surface area (TPSA) is 17.0 Å². The van der Waals surface area contributed by atoms with Crippen molar-refractivity contribution >= 4 is 44.0 Å². The van der Waals surface area contributed by atoms with Crippen molar-refractivity contribution in [3.8, 4) is 16.8 Å². The molecule has 7 aromatic rings. The molecular weight excluding hydrogens is 448 g/mol. The highest BCUT2D eigenvalue weighted by molar-refractivity contribution is 6.10. The SMILES string of the molecule is Cc1ccc2c(c1)c1cc(Nc3ccc(-c4cccc5ccccc45)cc3)ccc1n2-c1ccccc1. The van der Waals surface area contributed by atoms with Gasteiger partial charge in [-0.2, -0.15) is 0 Å². The van der Waals surface area contributed by atoms with Gasteiger partial charge in [-0.1, -0.05) is 84.4 Å². The third-order valence-corrected chi connectivity index (χ3v) is 7.21. The van der Waals surface area contributed by atoms with Crippen LogP contribution in [0.1, 0.15) is 5.56 Å². The minimum absolute atomic E-state index is 1.08. The second-order valence-electron chi connectivity index (χ2n) is 9.65. The minimum atomic E-state index is 1.08. The maximum atomic E-state index is 3.63. The summed E-state index contributed by atoms with van der Waals surface area (Å²) in [6, 6.07) is 47.8. The van der Waals surface area contributed by atoms with Gasteiger partial charge < -0.3 is 9.88 Å². The summed E-state index contributed by atoms with van der Waals surface area (Å²) in [5.74, 6) is 0. The van der Waals surface area contributed by atoms with E-state index in [2.05, 4.69) is 150 Å². The summed E-state index contributed by atoms with van der Waals surface area (Å²) < 4.78 is 2.35. The van der Waals surface area contributed by atoms with Crippen LogP contribution in [0.2, 0.25) is 0 Å². The van der Waals surface area contributed by atoms with Crippen molar-refractivity contribution in [2.45, 2.75) is 6.92 Å². The number of nitrogens with one attached hydrogen (secondary N) is 1. The molecular formula is C35H26N2. The van der Waals surface area contributed by atoms with Gasteiger partial charge in [-0.3, -0.25) is 0 Å².